The lowest BCUT2D eigenvalue weighted by atomic mass is 9.84. The molecule has 0 aromatic carbocycles. The van der Waals surface area contributed by atoms with Crippen LogP contribution in [0.25, 0.3) is 0 Å². The van der Waals surface area contributed by atoms with E-state index in [-0.39, 0.29) is 12.5 Å². The molecule has 0 radical (unpaired) electrons. The highest BCUT2D eigenvalue weighted by atomic mass is 32.1. The van der Waals surface area contributed by atoms with Gasteiger partial charge in [-0.15, -0.1) is 11.3 Å². The summed E-state index contributed by atoms with van der Waals surface area (Å²) < 4.78 is 0. The molecule has 1 aromatic rings. The number of rotatable bonds is 4. The summed E-state index contributed by atoms with van der Waals surface area (Å²) in [4.78, 5) is 12.9. The fourth-order valence-corrected chi connectivity index (χ4v) is 3.46. The van der Waals surface area contributed by atoms with Crippen molar-refractivity contribution in [1.29, 1.82) is 0 Å². The van der Waals surface area contributed by atoms with Gasteiger partial charge in [0, 0.05) is 12.6 Å². The van der Waals surface area contributed by atoms with Crippen LogP contribution in [0, 0.1) is 12.8 Å². The van der Waals surface area contributed by atoms with E-state index in [0.29, 0.717) is 12.0 Å². The number of aliphatic hydroxyl groups excluding tert-OH is 1. The molecule has 1 heterocycles. The van der Waals surface area contributed by atoms with Crippen LogP contribution in [0.15, 0.2) is 11.4 Å². The third-order valence-corrected chi connectivity index (χ3v) is 4.80. The lowest BCUT2D eigenvalue weighted by Gasteiger charge is -2.28. The minimum atomic E-state index is 0.0770. The minimum absolute atomic E-state index is 0.0770. The number of amides is 1. The average molecular weight is 267 g/mol. The van der Waals surface area contributed by atoms with E-state index in [2.05, 4.69) is 5.32 Å². The Hall–Kier alpha value is -0.870. The van der Waals surface area contributed by atoms with E-state index < -0.39 is 0 Å². The van der Waals surface area contributed by atoms with Crippen LogP contribution >= 0.6 is 11.3 Å². The van der Waals surface area contributed by atoms with Crippen LogP contribution in [0.2, 0.25) is 0 Å². The molecule has 0 spiro atoms. The van der Waals surface area contributed by atoms with Crippen LogP contribution < -0.4 is 5.32 Å². The number of carbonyl (C=O) groups is 1. The number of aryl methyl sites for hydroxylation is 1. The highest BCUT2D eigenvalue weighted by molar-refractivity contribution is 7.12. The standard InChI is InChI=1S/C14H21NO2S/c1-10-7-9-18-13(10)14(17)15-12-4-2-11(3-5-12)6-8-16/h7,9,11-12,16H,2-6,8H2,1H3,(H,15,17). The normalized spacial score (nSPS) is 23.9. The maximum absolute atomic E-state index is 12.1. The van der Waals surface area contributed by atoms with Gasteiger partial charge < -0.3 is 10.4 Å². The summed E-state index contributed by atoms with van der Waals surface area (Å²) in [6.07, 6.45) is 5.23. The van der Waals surface area contributed by atoms with Gasteiger partial charge in [-0.1, -0.05) is 0 Å². The van der Waals surface area contributed by atoms with E-state index in [4.69, 9.17) is 5.11 Å². The molecule has 0 bridgehead atoms. The Morgan fingerprint density at radius 1 is 1.44 bits per heavy atom. The van der Waals surface area contributed by atoms with Gasteiger partial charge in [-0.25, -0.2) is 0 Å². The lowest BCUT2D eigenvalue weighted by molar-refractivity contribution is 0.0922. The first-order chi connectivity index (χ1) is 8.70. The van der Waals surface area contributed by atoms with Crippen molar-refractivity contribution in [3.63, 3.8) is 0 Å². The summed E-state index contributed by atoms with van der Waals surface area (Å²) >= 11 is 1.51. The second-order valence-electron chi connectivity index (χ2n) is 5.14. The number of hydrogen-bond acceptors (Lipinski definition) is 3. The third-order valence-electron chi connectivity index (χ3n) is 3.79. The Kier molecular flexibility index (Phi) is 4.78. The molecule has 0 saturated heterocycles. The van der Waals surface area contributed by atoms with Gasteiger partial charge in [-0.05, 0) is 62.0 Å². The Bertz CT molecular complexity index is 394. The summed E-state index contributed by atoms with van der Waals surface area (Å²) in [6.45, 7) is 2.26. The summed E-state index contributed by atoms with van der Waals surface area (Å²) in [6, 6.07) is 2.30. The second kappa shape index (κ2) is 6.34. The van der Waals surface area contributed by atoms with Gasteiger partial charge in [0.1, 0.15) is 0 Å². The first-order valence-corrected chi connectivity index (χ1v) is 7.54. The van der Waals surface area contributed by atoms with Crippen molar-refractivity contribution in [2.75, 3.05) is 6.61 Å². The lowest BCUT2D eigenvalue weighted by Crippen LogP contribution is -2.37. The fraction of sp³-hybridized carbons (Fsp3) is 0.643. The van der Waals surface area contributed by atoms with Crippen molar-refractivity contribution in [2.24, 2.45) is 5.92 Å². The molecular weight excluding hydrogens is 246 g/mol. The van der Waals surface area contributed by atoms with Gasteiger partial charge in [0.25, 0.3) is 5.91 Å². The van der Waals surface area contributed by atoms with Crippen LogP contribution in [-0.4, -0.2) is 23.7 Å². The third kappa shape index (κ3) is 3.33. The largest absolute Gasteiger partial charge is 0.396 e. The molecule has 0 unspecified atom stereocenters. The van der Waals surface area contributed by atoms with Gasteiger partial charge in [0.05, 0.1) is 4.88 Å². The van der Waals surface area contributed by atoms with Crippen LogP contribution in [0.4, 0.5) is 0 Å². The molecule has 0 atom stereocenters. The van der Waals surface area contributed by atoms with Crippen molar-refractivity contribution < 1.29 is 9.90 Å². The molecule has 100 valence electrons. The summed E-state index contributed by atoms with van der Waals surface area (Å²) in [5.74, 6) is 0.722. The molecule has 2 N–H and O–H groups in total. The topological polar surface area (TPSA) is 49.3 Å². The number of carbonyl (C=O) groups excluding carboxylic acids is 1. The van der Waals surface area contributed by atoms with Gasteiger partial charge in [0.2, 0.25) is 0 Å². The molecular formula is C14H21NO2S. The van der Waals surface area contributed by atoms with E-state index >= 15 is 0 Å². The van der Waals surface area contributed by atoms with Gasteiger partial charge in [-0.3, -0.25) is 4.79 Å². The van der Waals surface area contributed by atoms with Crippen LogP contribution in [0.5, 0.6) is 0 Å². The fourth-order valence-electron chi connectivity index (χ4n) is 2.63. The zero-order valence-electron chi connectivity index (χ0n) is 10.8. The number of nitrogens with one attached hydrogen (secondary N) is 1. The van der Waals surface area contributed by atoms with E-state index in [1.165, 1.54) is 11.3 Å². The molecule has 4 heteroatoms. The molecule has 0 aliphatic heterocycles. The molecule has 1 aliphatic carbocycles. The van der Waals surface area contributed by atoms with Crippen LogP contribution in [-0.2, 0) is 0 Å². The van der Waals surface area contributed by atoms with Crippen molar-refractivity contribution in [2.45, 2.75) is 45.1 Å². The van der Waals surface area contributed by atoms with Crippen molar-refractivity contribution >= 4 is 17.2 Å². The highest BCUT2D eigenvalue weighted by Crippen LogP contribution is 2.27. The zero-order chi connectivity index (χ0) is 13.0. The smallest absolute Gasteiger partial charge is 0.261 e. The Morgan fingerprint density at radius 3 is 2.72 bits per heavy atom. The summed E-state index contributed by atoms with van der Waals surface area (Å²) in [5, 5.41) is 14.0. The molecule has 1 fully saturated rings. The molecule has 18 heavy (non-hydrogen) atoms. The quantitative estimate of drug-likeness (QED) is 0.881. The van der Waals surface area contributed by atoms with Crippen molar-refractivity contribution in [3.05, 3.63) is 21.9 Å². The Labute approximate surface area is 112 Å². The van der Waals surface area contributed by atoms with Crippen molar-refractivity contribution in [3.8, 4) is 0 Å². The molecule has 2 rings (SSSR count). The minimum Gasteiger partial charge on any atom is -0.396 e. The number of thiophene rings is 1. The SMILES string of the molecule is Cc1ccsc1C(=O)NC1CCC(CCO)CC1. The monoisotopic (exact) mass is 267 g/mol. The zero-order valence-corrected chi connectivity index (χ0v) is 11.6. The molecule has 3 nitrogen and oxygen atoms in total. The molecule has 1 aliphatic rings. The van der Waals surface area contributed by atoms with Gasteiger partial charge >= 0.3 is 0 Å². The predicted octanol–water partition coefficient (Wildman–Crippen LogP) is 2.73. The maximum atomic E-state index is 12.1. The van der Waals surface area contributed by atoms with Crippen molar-refractivity contribution in [1.82, 2.24) is 5.32 Å². The Balaban J connectivity index is 1.81. The predicted molar refractivity (Wildman–Crippen MR) is 74.0 cm³/mol. The molecule has 1 amide bonds. The first-order valence-electron chi connectivity index (χ1n) is 6.66. The van der Waals surface area contributed by atoms with Gasteiger partial charge in [-0.2, -0.15) is 0 Å². The highest BCUT2D eigenvalue weighted by Gasteiger charge is 2.23. The Morgan fingerprint density at radius 2 is 2.17 bits per heavy atom. The summed E-state index contributed by atoms with van der Waals surface area (Å²) in [7, 11) is 0. The molecule has 1 saturated carbocycles. The molecule has 1 aromatic heterocycles. The van der Waals surface area contributed by atoms with Crippen LogP contribution in [0.1, 0.15) is 47.3 Å². The maximum Gasteiger partial charge on any atom is 0.261 e. The van der Waals surface area contributed by atoms with E-state index in [1.54, 1.807) is 0 Å². The first kappa shape index (κ1) is 13.6. The van der Waals surface area contributed by atoms with E-state index in [1.807, 2.05) is 18.4 Å². The number of aliphatic hydroxyl groups is 1. The summed E-state index contributed by atoms with van der Waals surface area (Å²) in [5.41, 5.74) is 1.06. The van der Waals surface area contributed by atoms with E-state index in [0.717, 1.165) is 42.5 Å². The van der Waals surface area contributed by atoms with Gasteiger partial charge in [0.15, 0.2) is 0 Å². The average Bonchev–Trinajstić information content (AvgIpc) is 2.78. The van der Waals surface area contributed by atoms with E-state index in [9.17, 15) is 4.79 Å². The number of hydrogen-bond donors (Lipinski definition) is 2. The van der Waals surface area contributed by atoms with Crippen LogP contribution in [0.3, 0.4) is 0 Å². The second-order valence-corrected chi connectivity index (χ2v) is 6.05.